The second-order valence-electron chi connectivity index (χ2n) is 4.17. The average molecular weight is 245 g/mol. The van der Waals surface area contributed by atoms with Gasteiger partial charge in [-0.3, -0.25) is 9.78 Å². The van der Waals surface area contributed by atoms with Gasteiger partial charge in [0.2, 0.25) is 0 Å². The van der Waals surface area contributed by atoms with Crippen LogP contribution in [0.4, 0.5) is 13.2 Å². The molecule has 0 radical (unpaired) electrons. The van der Waals surface area contributed by atoms with E-state index in [4.69, 9.17) is 5.11 Å². The number of hydrogen-bond acceptors (Lipinski definition) is 2. The Morgan fingerprint density at radius 1 is 1.35 bits per heavy atom. The van der Waals surface area contributed by atoms with Crippen molar-refractivity contribution < 1.29 is 23.1 Å². The van der Waals surface area contributed by atoms with Crippen molar-refractivity contribution in [1.82, 2.24) is 4.98 Å². The average Bonchev–Trinajstić information content (AvgIpc) is 2.14. The van der Waals surface area contributed by atoms with Gasteiger partial charge in [0.25, 0.3) is 0 Å². The summed E-state index contributed by atoms with van der Waals surface area (Å²) in [5.74, 6) is -0.995. The number of aromatic nitrogens is 1. The molecule has 92 valence electrons. The van der Waals surface area contributed by atoms with Gasteiger partial charge in [0.15, 0.2) is 0 Å². The molecule has 1 aliphatic carbocycles. The van der Waals surface area contributed by atoms with Crippen molar-refractivity contribution in [3.8, 4) is 0 Å². The minimum Gasteiger partial charge on any atom is -0.481 e. The van der Waals surface area contributed by atoms with Crippen LogP contribution in [0.25, 0.3) is 0 Å². The molecular weight excluding hydrogens is 235 g/mol. The number of pyridine rings is 1. The van der Waals surface area contributed by atoms with Crippen LogP contribution < -0.4 is 0 Å². The minimum atomic E-state index is -4.49. The lowest BCUT2D eigenvalue weighted by Gasteiger charge is -2.37. The van der Waals surface area contributed by atoms with Crippen LogP contribution in [-0.2, 0) is 16.4 Å². The molecule has 0 unspecified atom stereocenters. The van der Waals surface area contributed by atoms with E-state index in [1.807, 2.05) is 0 Å². The molecule has 0 bridgehead atoms. The van der Waals surface area contributed by atoms with Gasteiger partial charge in [-0.15, -0.1) is 0 Å². The molecule has 1 N–H and O–H groups in total. The highest BCUT2D eigenvalue weighted by Gasteiger charge is 2.46. The first-order valence-electron chi connectivity index (χ1n) is 5.13. The molecule has 2 rings (SSSR count). The fourth-order valence-electron chi connectivity index (χ4n) is 2.00. The molecule has 17 heavy (non-hydrogen) atoms. The van der Waals surface area contributed by atoms with Crippen LogP contribution in [0, 0.1) is 0 Å². The molecule has 0 aromatic carbocycles. The summed E-state index contributed by atoms with van der Waals surface area (Å²) >= 11 is 0. The summed E-state index contributed by atoms with van der Waals surface area (Å²) in [6, 6.07) is 2.04. The van der Waals surface area contributed by atoms with Gasteiger partial charge < -0.3 is 5.11 Å². The van der Waals surface area contributed by atoms with Crippen molar-refractivity contribution >= 4 is 5.97 Å². The van der Waals surface area contributed by atoms with Crippen molar-refractivity contribution in [2.45, 2.75) is 30.9 Å². The first kappa shape index (κ1) is 11.9. The minimum absolute atomic E-state index is 0.351. The first-order valence-corrected chi connectivity index (χ1v) is 5.13. The Labute approximate surface area is 95.3 Å². The van der Waals surface area contributed by atoms with Crippen LogP contribution >= 0.6 is 0 Å². The van der Waals surface area contributed by atoms with Gasteiger partial charge in [0.1, 0.15) is 5.69 Å². The van der Waals surface area contributed by atoms with Crippen LogP contribution in [-0.4, -0.2) is 16.1 Å². The molecule has 6 heteroatoms. The molecule has 0 amide bonds. The quantitative estimate of drug-likeness (QED) is 0.871. The van der Waals surface area contributed by atoms with E-state index in [9.17, 15) is 18.0 Å². The summed E-state index contributed by atoms with van der Waals surface area (Å²) in [5.41, 5.74) is -1.68. The largest absolute Gasteiger partial charge is 0.481 e. The van der Waals surface area contributed by atoms with Gasteiger partial charge >= 0.3 is 12.1 Å². The van der Waals surface area contributed by atoms with Gasteiger partial charge in [-0.25, -0.2) is 0 Å². The van der Waals surface area contributed by atoms with Crippen LogP contribution in [0.1, 0.15) is 30.5 Å². The van der Waals surface area contributed by atoms with Crippen molar-refractivity contribution in [2.24, 2.45) is 0 Å². The third kappa shape index (κ3) is 1.87. The normalized spacial score (nSPS) is 18.5. The van der Waals surface area contributed by atoms with E-state index < -0.39 is 23.3 Å². The zero-order valence-corrected chi connectivity index (χ0v) is 8.79. The molecule has 0 saturated heterocycles. The van der Waals surface area contributed by atoms with Crippen molar-refractivity contribution in [1.29, 1.82) is 0 Å². The van der Waals surface area contributed by atoms with Crippen LogP contribution in [0.3, 0.4) is 0 Å². The van der Waals surface area contributed by atoms with E-state index in [0.717, 1.165) is 18.7 Å². The van der Waals surface area contributed by atoms with Crippen molar-refractivity contribution in [2.75, 3.05) is 0 Å². The molecule has 0 atom stereocenters. The summed E-state index contributed by atoms with van der Waals surface area (Å²) in [7, 11) is 0. The fraction of sp³-hybridized carbons (Fsp3) is 0.455. The highest BCUT2D eigenvalue weighted by molar-refractivity contribution is 5.82. The molecule has 1 fully saturated rings. The van der Waals surface area contributed by atoms with Gasteiger partial charge in [0, 0.05) is 6.20 Å². The summed E-state index contributed by atoms with van der Waals surface area (Å²) in [6.07, 6.45) is -1.79. The number of carboxylic acid groups (broad SMARTS) is 1. The zero-order chi connectivity index (χ0) is 12.7. The standard InChI is InChI=1S/C11H10F3NO2/c12-11(13,14)8-3-2-7(6-15-8)10(9(16)17)4-1-5-10/h2-3,6H,1,4-5H2,(H,16,17). The van der Waals surface area contributed by atoms with E-state index in [2.05, 4.69) is 4.98 Å². The second-order valence-corrected chi connectivity index (χ2v) is 4.17. The van der Waals surface area contributed by atoms with Crippen molar-refractivity contribution in [3.05, 3.63) is 29.6 Å². The number of rotatable bonds is 2. The SMILES string of the molecule is O=C(O)C1(c2ccc(C(F)(F)F)nc2)CCC1. The van der Waals surface area contributed by atoms with Crippen LogP contribution in [0.5, 0.6) is 0 Å². The van der Waals surface area contributed by atoms with Gasteiger partial charge in [-0.2, -0.15) is 13.2 Å². The predicted molar refractivity (Wildman–Crippen MR) is 52.4 cm³/mol. The molecule has 1 saturated carbocycles. The number of aliphatic carboxylic acids is 1. The van der Waals surface area contributed by atoms with Crippen LogP contribution in [0.2, 0.25) is 0 Å². The fourth-order valence-corrected chi connectivity index (χ4v) is 2.00. The van der Waals surface area contributed by atoms with Gasteiger partial charge in [-0.1, -0.05) is 12.5 Å². The Hall–Kier alpha value is -1.59. The Morgan fingerprint density at radius 3 is 2.29 bits per heavy atom. The molecule has 0 aliphatic heterocycles. The molecule has 3 nitrogen and oxygen atoms in total. The number of alkyl halides is 3. The lowest BCUT2D eigenvalue weighted by molar-refractivity contribution is -0.147. The molecule has 1 aromatic rings. The number of carbonyl (C=O) groups is 1. The maximum absolute atomic E-state index is 12.3. The van der Waals surface area contributed by atoms with Crippen molar-refractivity contribution in [3.63, 3.8) is 0 Å². The number of carboxylic acids is 1. The third-order valence-electron chi connectivity index (χ3n) is 3.22. The first-order chi connectivity index (χ1) is 7.86. The van der Waals surface area contributed by atoms with E-state index in [0.29, 0.717) is 18.4 Å². The van der Waals surface area contributed by atoms with Gasteiger partial charge in [0.05, 0.1) is 5.41 Å². The summed E-state index contributed by atoms with van der Waals surface area (Å²) in [4.78, 5) is 14.4. The smallest absolute Gasteiger partial charge is 0.433 e. The van der Waals surface area contributed by atoms with E-state index in [1.165, 1.54) is 6.07 Å². The summed E-state index contributed by atoms with van der Waals surface area (Å²) in [5, 5.41) is 9.12. The lowest BCUT2D eigenvalue weighted by atomic mass is 9.65. The summed E-state index contributed by atoms with van der Waals surface area (Å²) < 4.78 is 36.9. The monoisotopic (exact) mass is 245 g/mol. The maximum atomic E-state index is 12.3. The van der Waals surface area contributed by atoms with E-state index in [-0.39, 0.29) is 0 Å². The Kier molecular flexibility index (Phi) is 2.60. The molecule has 1 aromatic heterocycles. The molecular formula is C11H10F3NO2. The zero-order valence-electron chi connectivity index (χ0n) is 8.79. The predicted octanol–water partition coefficient (Wildman–Crippen LogP) is 2.61. The molecule has 0 spiro atoms. The summed E-state index contributed by atoms with van der Waals surface area (Å²) in [6.45, 7) is 0. The Balaban J connectivity index is 2.32. The highest BCUT2D eigenvalue weighted by atomic mass is 19.4. The van der Waals surface area contributed by atoms with E-state index >= 15 is 0 Å². The second kappa shape index (κ2) is 3.72. The molecule has 1 aliphatic rings. The van der Waals surface area contributed by atoms with Crippen LogP contribution in [0.15, 0.2) is 18.3 Å². The highest BCUT2D eigenvalue weighted by Crippen LogP contribution is 2.44. The number of nitrogens with zero attached hydrogens (tertiary/aromatic N) is 1. The van der Waals surface area contributed by atoms with Gasteiger partial charge in [-0.05, 0) is 24.5 Å². The lowest BCUT2D eigenvalue weighted by Crippen LogP contribution is -2.42. The number of halogens is 3. The topological polar surface area (TPSA) is 50.2 Å². The maximum Gasteiger partial charge on any atom is 0.433 e. The molecule has 1 heterocycles. The number of hydrogen-bond donors (Lipinski definition) is 1. The third-order valence-corrected chi connectivity index (χ3v) is 3.22. The van der Waals surface area contributed by atoms with E-state index in [1.54, 1.807) is 0 Å². The Bertz CT molecular complexity index is 435. The Morgan fingerprint density at radius 2 is 2.00 bits per heavy atom.